The van der Waals surface area contributed by atoms with Gasteiger partial charge < -0.3 is 14.2 Å². The molecular formula is C20H31O5P. The Morgan fingerprint density at radius 3 is 1.81 bits per heavy atom. The van der Waals surface area contributed by atoms with Crippen LogP contribution < -0.4 is 0 Å². The van der Waals surface area contributed by atoms with Gasteiger partial charge in [0.1, 0.15) is 11.9 Å². The first-order valence-electron chi connectivity index (χ1n) is 8.53. The molecule has 0 unspecified atom stereocenters. The number of aromatic hydroxyl groups is 1. The van der Waals surface area contributed by atoms with E-state index in [1.165, 1.54) is 20.3 Å². The zero-order valence-electron chi connectivity index (χ0n) is 17.0. The topological polar surface area (TPSA) is 72.8 Å². The molecule has 1 N–H and O–H groups in total. The molecule has 0 fully saturated rings. The Kier molecular flexibility index (Phi) is 7.03. The lowest BCUT2D eigenvalue weighted by molar-refractivity contribution is -0.112. The van der Waals surface area contributed by atoms with Crippen LogP contribution in [0.3, 0.4) is 0 Å². The van der Waals surface area contributed by atoms with Crippen molar-refractivity contribution in [3.05, 3.63) is 34.9 Å². The average molecular weight is 382 g/mol. The van der Waals surface area contributed by atoms with Gasteiger partial charge in [0.25, 0.3) is 0 Å². The summed E-state index contributed by atoms with van der Waals surface area (Å²) in [6.45, 7) is 12.2. The Bertz CT molecular complexity index is 693. The van der Waals surface area contributed by atoms with E-state index in [9.17, 15) is 14.5 Å². The summed E-state index contributed by atoms with van der Waals surface area (Å²) in [5, 5.41) is 10.7. The Hall–Kier alpha value is -1.42. The molecular weight excluding hydrogens is 351 g/mol. The highest BCUT2D eigenvalue weighted by Gasteiger charge is 2.27. The highest BCUT2D eigenvalue weighted by atomic mass is 31.2. The number of ketones is 1. The number of hydrogen-bond acceptors (Lipinski definition) is 5. The minimum Gasteiger partial charge on any atom is -0.507 e. The van der Waals surface area contributed by atoms with E-state index in [0.29, 0.717) is 0 Å². The third-order valence-corrected chi connectivity index (χ3v) is 5.93. The van der Waals surface area contributed by atoms with E-state index in [-0.39, 0.29) is 28.5 Å². The highest BCUT2D eigenvalue weighted by Crippen LogP contribution is 2.46. The van der Waals surface area contributed by atoms with Gasteiger partial charge >= 0.3 is 7.60 Å². The summed E-state index contributed by atoms with van der Waals surface area (Å²) in [5.41, 5.74) is 1.93. The van der Waals surface area contributed by atoms with Crippen LogP contribution in [-0.2, 0) is 29.2 Å². The molecule has 0 radical (unpaired) electrons. The maximum Gasteiger partial charge on any atom is 0.337 e. The second kappa shape index (κ2) is 8.08. The van der Waals surface area contributed by atoms with Crippen LogP contribution in [0, 0.1) is 0 Å². The maximum absolute atomic E-state index is 12.1. The van der Waals surface area contributed by atoms with Gasteiger partial charge in [-0.25, -0.2) is 0 Å². The van der Waals surface area contributed by atoms with Crippen molar-refractivity contribution in [3.8, 4) is 5.75 Å². The van der Waals surface area contributed by atoms with Crippen molar-refractivity contribution in [3.63, 3.8) is 0 Å². The number of rotatable bonds is 6. The van der Waals surface area contributed by atoms with Gasteiger partial charge in [0, 0.05) is 25.3 Å². The van der Waals surface area contributed by atoms with E-state index in [0.717, 1.165) is 16.7 Å². The van der Waals surface area contributed by atoms with Crippen molar-refractivity contribution in [2.24, 2.45) is 0 Å². The van der Waals surface area contributed by atoms with E-state index in [1.54, 1.807) is 6.08 Å². The fourth-order valence-corrected chi connectivity index (χ4v) is 3.43. The molecule has 146 valence electrons. The van der Waals surface area contributed by atoms with E-state index in [4.69, 9.17) is 9.05 Å². The SMILES string of the molecule is COP(=O)(CC(=O)C=Cc1cc(C(C)(C)C)c(O)c(C(C)(C)C)c1)OC. The third-order valence-electron chi connectivity index (χ3n) is 4.12. The fraction of sp³-hybridized carbons (Fsp3) is 0.550. The number of phenols is 1. The van der Waals surface area contributed by atoms with Gasteiger partial charge in [0.15, 0.2) is 5.78 Å². The van der Waals surface area contributed by atoms with Crippen LogP contribution in [0.2, 0.25) is 0 Å². The number of phenolic OH excluding ortho intramolecular Hbond substituents is 1. The summed E-state index contributed by atoms with van der Waals surface area (Å²) in [6, 6.07) is 3.75. The Morgan fingerprint density at radius 1 is 1.04 bits per heavy atom. The van der Waals surface area contributed by atoms with Crippen LogP contribution in [-0.4, -0.2) is 31.3 Å². The second-order valence-electron chi connectivity index (χ2n) is 8.40. The number of carbonyl (C=O) groups excluding carboxylic acids is 1. The normalized spacial score (nSPS) is 13.4. The van der Waals surface area contributed by atoms with Gasteiger partial charge in [-0.3, -0.25) is 9.36 Å². The molecule has 0 amide bonds. The number of allylic oxidation sites excluding steroid dienone is 1. The number of benzene rings is 1. The molecule has 1 rings (SSSR count). The van der Waals surface area contributed by atoms with E-state index in [2.05, 4.69) is 0 Å². The first-order valence-corrected chi connectivity index (χ1v) is 10.3. The van der Waals surface area contributed by atoms with Crippen molar-refractivity contribution in [1.29, 1.82) is 0 Å². The second-order valence-corrected chi connectivity index (χ2v) is 10.7. The monoisotopic (exact) mass is 382 g/mol. The van der Waals surface area contributed by atoms with Gasteiger partial charge in [-0.2, -0.15) is 0 Å². The van der Waals surface area contributed by atoms with Crippen LogP contribution in [0.5, 0.6) is 5.75 Å². The average Bonchev–Trinajstić information content (AvgIpc) is 2.51. The highest BCUT2D eigenvalue weighted by molar-refractivity contribution is 7.54. The van der Waals surface area contributed by atoms with Crippen molar-refractivity contribution >= 4 is 19.5 Å². The quantitative estimate of drug-likeness (QED) is 0.550. The number of carbonyl (C=O) groups is 1. The van der Waals surface area contributed by atoms with Gasteiger partial charge in [-0.05, 0) is 34.6 Å². The first-order chi connectivity index (χ1) is 11.7. The van der Waals surface area contributed by atoms with E-state index >= 15 is 0 Å². The summed E-state index contributed by atoms with van der Waals surface area (Å²) in [6.07, 6.45) is 2.73. The Morgan fingerprint density at radius 2 is 1.46 bits per heavy atom. The molecule has 6 heteroatoms. The summed E-state index contributed by atoms with van der Waals surface area (Å²) < 4.78 is 21.7. The zero-order chi connectivity index (χ0) is 20.3. The first kappa shape index (κ1) is 22.6. The summed E-state index contributed by atoms with van der Waals surface area (Å²) in [5.74, 6) is -0.0588. The molecule has 0 aromatic heterocycles. The predicted molar refractivity (Wildman–Crippen MR) is 106 cm³/mol. The van der Waals surface area contributed by atoms with E-state index in [1.807, 2.05) is 53.7 Å². The third kappa shape index (κ3) is 5.80. The molecule has 0 heterocycles. The molecule has 1 aromatic carbocycles. The van der Waals surface area contributed by atoms with Crippen molar-refractivity contribution in [2.45, 2.75) is 52.4 Å². The smallest absolute Gasteiger partial charge is 0.337 e. The summed E-state index contributed by atoms with van der Waals surface area (Å²) >= 11 is 0. The lowest BCUT2D eigenvalue weighted by atomic mass is 9.78. The molecule has 0 aliphatic heterocycles. The largest absolute Gasteiger partial charge is 0.507 e. The fourth-order valence-electron chi connectivity index (χ4n) is 2.53. The van der Waals surface area contributed by atoms with Gasteiger partial charge in [-0.1, -0.05) is 47.6 Å². The van der Waals surface area contributed by atoms with Crippen LogP contribution in [0.15, 0.2) is 18.2 Å². The Balaban J connectivity index is 3.29. The minimum absolute atomic E-state index is 0.250. The lowest BCUT2D eigenvalue weighted by Crippen LogP contribution is -2.17. The minimum atomic E-state index is -3.38. The van der Waals surface area contributed by atoms with Gasteiger partial charge in [-0.15, -0.1) is 0 Å². The summed E-state index contributed by atoms with van der Waals surface area (Å²) in [4.78, 5) is 12.1. The molecule has 5 nitrogen and oxygen atoms in total. The van der Waals surface area contributed by atoms with E-state index < -0.39 is 7.60 Å². The van der Waals surface area contributed by atoms with Crippen molar-refractivity contribution < 1.29 is 23.5 Å². The Labute approximate surface area is 156 Å². The molecule has 0 saturated heterocycles. The van der Waals surface area contributed by atoms with Crippen molar-refractivity contribution in [1.82, 2.24) is 0 Å². The molecule has 0 bridgehead atoms. The summed E-state index contributed by atoms with van der Waals surface area (Å²) in [7, 11) is -0.867. The van der Waals surface area contributed by atoms with Crippen LogP contribution >= 0.6 is 7.60 Å². The van der Waals surface area contributed by atoms with Crippen LogP contribution in [0.25, 0.3) is 6.08 Å². The van der Waals surface area contributed by atoms with Crippen molar-refractivity contribution in [2.75, 3.05) is 20.4 Å². The molecule has 26 heavy (non-hydrogen) atoms. The van der Waals surface area contributed by atoms with Crippen LogP contribution in [0.4, 0.5) is 0 Å². The number of hydrogen-bond donors (Lipinski definition) is 1. The molecule has 0 saturated carbocycles. The molecule has 1 aromatic rings. The molecule has 0 aliphatic rings. The molecule has 0 aliphatic carbocycles. The lowest BCUT2D eigenvalue weighted by Gasteiger charge is -2.27. The standard InChI is InChI=1S/C20H31O5P/c1-19(2,3)16-11-14(12-17(18(16)22)20(4,5)6)9-10-15(21)13-26(23,24-7)25-8/h9-12,22H,13H2,1-8H3. The zero-order valence-corrected chi connectivity index (χ0v) is 17.9. The molecule has 0 atom stereocenters. The van der Waals surface area contributed by atoms with Gasteiger partial charge in [0.2, 0.25) is 0 Å². The van der Waals surface area contributed by atoms with Crippen LogP contribution in [0.1, 0.15) is 58.2 Å². The molecule has 0 spiro atoms. The maximum atomic E-state index is 12.1. The predicted octanol–water partition coefficient (Wildman–Crippen LogP) is 5.06. The van der Waals surface area contributed by atoms with Gasteiger partial charge in [0.05, 0.1) is 0 Å².